The molecule has 29 heavy (non-hydrogen) atoms. The third-order valence-corrected chi connectivity index (χ3v) is 8.45. The minimum Gasteiger partial charge on any atom is -0.490 e. The van der Waals surface area contributed by atoms with Crippen LogP contribution >= 0.6 is 11.3 Å². The molecule has 0 bridgehead atoms. The van der Waals surface area contributed by atoms with Crippen LogP contribution in [0.3, 0.4) is 0 Å². The number of ether oxygens (including phenoxy) is 2. The van der Waals surface area contributed by atoms with Crippen LogP contribution in [0, 0.1) is 0 Å². The Balaban J connectivity index is 1.40. The van der Waals surface area contributed by atoms with Crippen molar-refractivity contribution in [3.05, 3.63) is 47.3 Å². The summed E-state index contributed by atoms with van der Waals surface area (Å²) in [4.78, 5) is 14.7. The Hall–Kier alpha value is -1.94. The number of thiophene rings is 1. The molecule has 4 rings (SSSR count). The highest BCUT2D eigenvalue weighted by Crippen LogP contribution is 2.25. The van der Waals surface area contributed by atoms with E-state index in [-0.39, 0.29) is 25.1 Å². The molecule has 1 atom stereocenters. The Morgan fingerprint density at radius 1 is 1.14 bits per heavy atom. The van der Waals surface area contributed by atoms with Gasteiger partial charge in [0.1, 0.15) is 16.6 Å². The summed E-state index contributed by atoms with van der Waals surface area (Å²) < 4.78 is 38.6. The molecule has 3 heterocycles. The normalized spacial score (nSPS) is 20.7. The SMILES string of the molecule is O=C(c1ccccc1OCC1CCCO1)N1CCN(S(=O)(=O)c2cccs2)CC1. The number of rotatable bonds is 6. The van der Waals surface area contributed by atoms with Crippen molar-refractivity contribution in [3.8, 4) is 5.75 Å². The lowest BCUT2D eigenvalue weighted by Crippen LogP contribution is -2.50. The zero-order valence-corrected chi connectivity index (χ0v) is 17.7. The van der Waals surface area contributed by atoms with Crippen LogP contribution in [-0.2, 0) is 14.8 Å². The van der Waals surface area contributed by atoms with Gasteiger partial charge in [-0.3, -0.25) is 4.79 Å². The summed E-state index contributed by atoms with van der Waals surface area (Å²) in [7, 11) is -3.48. The monoisotopic (exact) mass is 436 g/mol. The number of hydrogen-bond donors (Lipinski definition) is 0. The average Bonchev–Trinajstić information content (AvgIpc) is 3.46. The quantitative estimate of drug-likeness (QED) is 0.695. The van der Waals surface area contributed by atoms with E-state index in [0.717, 1.165) is 19.4 Å². The van der Waals surface area contributed by atoms with Gasteiger partial charge in [0.25, 0.3) is 15.9 Å². The van der Waals surface area contributed by atoms with Gasteiger partial charge in [0.2, 0.25) is 0 Å². The van der Waals surface area contributed by atoms with Crippen LogP contribution in [0.25, 0.3) is 0 Å². The van der Waals surface area contributed by atoms with Gasteiger partial charge in [-0.05, 0) is 36.4 Å². The molecule has 2 saturated heterocycles. The second-order valence-corrected chi connectivity index (χ2v) is 10.2. The molecule has 1 amide bonds. The first-order valence-corrected chi connectivity index (χ1v) is 12.0. The average molecular weight is 437 g/mol. The summed E-state index contributed by atoms with van der Waals surface area (Å²) in [5.41, 5.74) is 0.500. The summed E-state index contributed by atoms with van der Waals surface area (Å²) >= 11 is 1.21. The van der Waals surface area contributed by atoms with Crippen molar-refractivity contribution < 1.29 is 22.7 Å². The Morgan fingerprint density at radius 3 is 2.62 bits per heavy atom. The first-order valence-electron chi connectivity index (χ1n) is 9.72. The first-order chi connectivity index (χ1) is 14.1. The van der Waals surface area contributed by atoms with E-state index in [1.165, 1.54) is 15.6 Å². The van der Waals surface area contributed by atoms with E-state index in [2.05, 4.69) is 0 Å². The maximum atomic E-state index is 13.1. The second kappa shape index (κ2) is 8.83. The van der Waals surface area contributed by atoms with Gasteiger partial charge in [0, 0.05) is 32.8 Å². The van der Waals surface area contributed by atoms with Gasteiger partial charge >= 0.3 is 0 Å². The third kappa shape index (κ3) is 4.48. The van der Waals surface area contributed by atoms with Gasteiger partial charge in [-0.15, -0.1) is 11.3 Å². The molecule has 2 fully saturated rings. The highest BCUT2D eigenvalue weighted by atomic mass is 32.2. The fourth-order valence-corrected chi connectivity index (χ4v) is 6.13. The van der Waals surface area contributed by atoms with Gasteiger partial charge in [-0.1, -0.05) is 18.2 Å². The van der Waals surface area contributed by atoms with Crippen LogP contribution < -0.4 is 4.74 Å². The lowest BCUT2D eigenvalue weighted by Gasteiger charge is -2.34. The molecule has 0 saturated carbocycles. The number of carbonyl (C=O) groups excluding carboxylic acids is 1. The standard InChI is InChI=1S/C20H24N2O5S2/c23-20(17-6-1-2-7-18(17)27-15-16-5-3-13-26-16)21-9-11-22(12-10-21)29(24,25)19-8-4-14-28-19/h1-2,4,6-8,14,16H,3,5,9-13,15H2. The maximum absolute atomic E-state index is 13.1. The zero-order valence-electron chi connectivity index (χ0n) is 16.0. The Morgan fingerprint density at radius 2 is 1.93 bits per heavy atom. The minimum absolute atomic E-state index is 0.0733. The van der Waals surface area contributed by atoms with Crippen molar-refractivity contribution in [2.45, 2.75) is 23.2 Å². The molecule has 1 aromatic heterocycles. The molecule has 0 N–H and O–H groups in total. The number of hydrogen-bond acceptors (Lipinski definition) is 6. The molecule has 1 aromatic carbocycles. The fraction of sp³-hybridized carbons (Fsp3) is 0.450. The molecule has 2 aliphatic rings. The van der Waals surface area contributed by atoms with E-state index in [0.29, 0.717) is 35.2 Å². The van der Waals surface area contributed by atoms with Gasteiger partial charge < -0.3 is 14.4 Å². The fourth-order valence-electron chi connectivity index (χ4n) is 3.57. The number of carbonyl (C=O) groups is 1. The molecule has 7 nitrogen and oxygen atoms in total. The maximum Gasteiger partial charge on any atom is 0.257 e. The topological polar surface area (TPSA) is 76.2 Å². The Kier molecular flexibility index (Phi) is 6.19. The molecule has 156 valence electrons. The first kappa shape index (κ1) is 20.3. The number of piperazine rings is 1. The van der Waals surface area contributed by atoms with E-state index < -0.39 is 10.0 Å². The number of benzene rings is 1. The molecular formula is C20H24N2O5S2. The van der Waals surface area contributed by atoms with Crippen molar-refractivity contribution in [1.29, 1.82) is 0 Å². The van der Waals surface area contributed by atoms with Gasteiger partial charge in [0.15, 0.2) is 0 Å². The second-order valence-electron chi connectivity index (χ2n) is 7.07. The number of para-hydroxylation sites is 1. The molecule has 9 heteroatoms. The van der Waals surface area contributed by atoms with Crippen molar-refractivity contribution in [2.75, 3.05) is 39.4 Å². The number of amides is 1. The summed E-state index contributed by atoms with van der Waals surface area (Å²) in [6.45, 7) is 2.45. The number of nitrogens with zero attached hydrogens (tertiary/aromatic N) is 2. The van der Waals surface area contributed by atoms with Crippen molar-refractivity contribution in [1.82, 2.24) is 9.21 Å². The number of sulfonamides is 1. The van der Waals surface area contributed by atoms with E-state index in [9.17, 15) is 13.2 Å². The smallest absolute Gasteiger partial charge is 0.257 e. The Bertz CT molecular complexity index is 932. The minimum atomic E-state index is -3.48. The summed E-state index contributed by atoms with van der Waals surface area (Å²) in [6.07, 6.45) is 2.08. The van der Waals surface area contributed by atoms with Crippen LogP contribution in [0.5, 0.6) is 5.75 Å². The highest BCUT2D eigenvalue weighted by Gasteiger charge is 2.31. The lowest BCUT2D eigenvalue weighted by molar-refractivity contribution is 0.0632. The molecule has 0 aliphatic carbocycles. The van der Waals surface area contributed by atoms with E-state index >= 15 is 0 Å². The van der Waals surface area contributed by atoms with Crippen LogP contribution in [0.4, 0.5) is 0 Å². The van der Waals surface area contributed by atoms with Crippen LogP contribution in [0.15, 0.2) is 46.0 Å². The molecular weight excluding hydrogens is 412 g/mol. The van der Waals surface area contributed by atoms with Gasteiger partial charge in [-0.25, -0.2) is 8.42 Å². The predicted molar refractivity (Wildman–Crippen MR) is 110 cm³/mol. The summed E-state index contributed by atoms with van der Waals surface area (Å²) in [5, 5.41) is 1.75. The Labute approximate surface area is 174 Å². The van der Waals surface area contributed by atoms with Crippen molar-refractivity contribution >= 4 is 27.3 Å². The summed E-state index contributed by atoms with van der Waals surface area (Å²) in [5.74, 6) is 0.405. The predicted octanol–water partition coefficient (Wildman–Crippen LogP) is 2.45. The zero-order chi connectivity index (χ0) is 20.3. The highest BCUT2D eigenvalue weighted by molar-refractivity contribution is 7.91. The van der Waals surface area contributed by atoms with E-state index in [1.54, 1.807) is 34.5 Å². The van der Waals surface area contributed by atoms with Gasteiger partial charge in [0.05, 0.1) is 11.7 Å². The van der Waals surface area contributed by atoms with Crippen molar-refractivity contribution in [2.24, 2.45) is 0 Å². The molecule has 0 spiro atoms. The molecule has 2 aliphatic heterocycles. The summed E-state index contributed by atoms with van der Waals surface area (Å²) in [6, 6.07) is 10.5. The third-order valence-electron chi connectivity index (χ3n) is 5.18. The van der Waals surface area contributed by atoms with E-state index in [1.807, 2.05) is 12.1 Å². The van der Waals surface area contributed by atoms with Gasteiger partial charge in [-0.2, -0.15) is 4.31 Å². The molecule has 0 radical (unpaired) electrons. The molecule has 1 unspecified atom stereocenters. The van der Waals surface area contributed by atoms with Crippen LogP contribution in [-0.4, -0.2) is 69.0 Å². The van der Waals surface area contributed by atoms with E-state index in [4.69, 9.17) is 9.47 Å². The molecule has 2 aromatic rings. The van der Waals surface area contributed by atoms with Crippen LogP contribution in [0.2, 0.25) is 0 Å². The lowest BCUT2D eigenvalue weighted by atomic mass is 10.1. The van der Waals surface area contributed by atoms with Crippen molar-refractivity contribution in [3.63, 3.8) is 0 Å². The largest absolute Gasteiger partial charge is 0.490 e. The van der Waals surface area contributed by atoms with Crippen LogP contribution in [0.1, 0.15) is 23.2 Å².